The van der Waals surface area contributed by atoms with E-state index in [1.165, 1.54) is 0 Å². The fourth-order valence-corrected chi connectivity index (χ4v) is 1.32. The molecule has 0 saturated heterocycles. The van der Waals surface area contributed by atoms with Crippen LogP contribution < -0.4 is 0 Å². The lowest BCUT2D eigenvalue weighted by molar-refractivity contribution is -0.119. The second-order valence-corrected chi connectivity index (χ2v) is 2.51. The summed E-state index contributed by atoms with van der Waals surface area (Å²) in [5, 5.41) is 0.780. The molecule has 1 aliphatic rings. The van der Waals surface area contributed by atoms with Gasteiger partial charge in [0.05, 0.1) is 0 Å². The minimum absolute atomic E-state index is 0.162. The monoisotopic (exact) mass is 174 g/mol. The predicted molar refractivity (Wildman–Crippen MR) is 36.0 cm³/mol. The van der Waals surface area contributed by atoms with Crippen molar-refractivity contribution in [2.45, 2.75) is 6.42 Å². The molecule has 0 aromatic heterocycles. The second kappa shape index (κ2) is 2.44. The van der Waals surface area contributed by atoms with E-state index in [9.17, 15) is 4.79 Å². The van der Waals surface area contributed by atoms with Crippen LogP contribution in [-0.2, 0) is 4.79 Å². The third-order valence-electron chi connectivity index (χ3n) is 1.27. The van der Waals surface area contributed by atoms with Crippen molar-refractivity contribution in [1.82, 2.24) is 0 Å². The first-order valence-corrected chi connectivity index (χ1v) is 3.72. The lowest BCUT2D eigenvalue weighted by Crippen LogP contribution is -2.06. The Kier molecular flexibility index (Phi) is 1.84. The molecule has 0 saturated carbocycles. The molecular formula is C6H7BrO. The smallest absolute Gasteiger partial charge is 0.144 e. The third-order valence-corrected chi connectivity index (χ3v) is 1.96. The van der Waals surface area contributed by atoms with Gasteiger partial charge in [0.1, 0.15) is 5.78 Å². The molecule has 1 unspecified atom stereocenters. The fraction of sp³-hybridized carbons (Fsp3) is 0.500. The maximum Gasteiger partial charge on any atom is 0.144 e. The van der Waals surface area contributed by atoms with Gasteiger partial charge in [0, 0.05) is 17.7 Å². The zero-order chi connectivity index (χ0) is 5.98. The fourth-order valence-electron chi connectivity index (χ4n) is 0.745. The molecule has 8 heavy (non-hydrogen) atoms. The van der Waals surface area contributed by atoms with Crippen molar-refractivity contribution in [2.24, 2.45) is 5.92 Å². The Morgan fingerprint density at radius 1 is 1.88 bits per heavy atom. The number of allylic oxidation sites excluding steroid dienone is 2. The van der Waals surface area contributed by atoms with Crippen molar-refractivity contribution in [1.29, 1.82) is 0 Å². The molecule has 0 radical (unpaired) electrons. The molecule has 0 heterocycles. The summed E-state index contributed by atoms with van der Waals surface area (Å²) in [6, 6.07) is 0. The van der Waals surface area contributed by atoms with E-state index in [0.717, 1.165) is 5.33 Å². The van der Waals surface area contributed by atoms with Crippen LogP contribution in [0.5, 0.6) is 0 Å². The van der Waals surface area contributed by atoms with Crippen molar-refractivity contribution in [3.05, 3.63) is 12.2 Å². The van der Waals surface area contributed by atoms with Crippen LogP contribution in [0, 0.1) is 5.92 Å². The summed E-state index contributed by atoms with van der Waals surface area (Å²) < 4.78 is 0. The van der Waals surface area contributed by atoms with E-state index in [1.54, 1.807) is 0 Å². The van der Waals surface area contributed by atoms with Gasteiger partial charge in [-0.25, -0.2) is 0 Å². The molecule has 1 aliphatic carbocycles. The largest absolute Gasteiger partial charge is 0.299 e. The van der Waals surface area contributed by atoms with Crippen LogP contribution in [0.25, 0.3) is 0 Å². The van der Waals surface area contributed by atoms with Crippen LogP contribution in [-0.4, -0.2) is 11.1 Å². The van der Waals surface area contributed by atoms with Gasteiger partial charge in [0.2, 0.25) is 0 Å². The average Bonchev–Trinajstić information content (AvgIpc) is 2.14. The number of rotatable bonds is 1. The lowest BCUT2D eigenvalue weighted by atomic mass is 10.1. The summed E-state index contributed by atoms with van der Waals surface area (Å²) in [7, 11) is 0. The molecular weight excluding hydrogens is 168 g/mol. The number of hydrogen-bond acceptors (Lipinski definition) is 1. The second-order valence-electron chi connectivity index (χ2n) is 1.86. The third kappa shape index (κ3) is 0.996. The van der Waals surface area contributed by atoms with E-state index in [1.807, 2.05) is 12.2 Å². The molecule has 0 aliphatic heterocycles. The molecule has 1 nitrogen and oxygen atoms in total. The molecule has 2 heteroatoms. The predicted octanol–water partition coefficient (Wildman–Crippen LogP) is 1.53. The van der Waals surface area contributed by atoms with Gasteiger partial charge in [0.15, 0.2) is 0 Å². The first-order chi connectivity index (χ1) is 3.84. The lowest BCUT2D eigenvalue weighted by Gasteiger charge is -1.96. The minimum Gasteiger partial charge on any atom is -0.299 e. The van der Waals surface area contributed by atoms with Gasteiger partial charge < -0.3 is 0 Å². The maximum atomic E-state index is 10.7. The number of carbonyl (C=O) groups excluding carboxylic acids is 1. The SMILES string of the molecule is O=C1CC=CC1CBr. The van der Waals surface area contributed by atoms with Crippen molar-refractivity contribution >= 4 is 21.7 Å². The molecule has 1 rings (SSSR count). The standard InChI is InChI=1S/C6H7BrO/c7-4-5-2-1-3-6(5)8/h1-2,5H,3-4H2. The highest BCUT2D eigenvalue weighted by molar-refractivity contribution is 9.09. The highest BCUT2D eigenvalue weighted by Gasteiger charge is 2.16. The highest BCUT2D eigenvalue weighted by Crippen LogP contribution is 2.14. The Morgan fingerprint density at radius 2 is 2.62 bits per heavy atom. The van der Waals surface area contributed by atoms with Crippen molar-refractivity contribution in [2.75, 3.05) is 5.33 Å². The summed E-state index contributed by atoms with van der Waals surface area (Å²) in [5.74, 6) is 0.497. The number of carbonyl (C=O) groups is 1. The van der Waals surface area contributed by atoms with Crippen molar-refractivity contribution < 1.29 is 4.79 Å². The zero-order valence-corrected chi connectivity index (χ0v) is 6.02. The quantitative estimate of drug-likeness (QED) is 0.436. The molecule has 0 fully saturated rings. The van der Waals surface area contributed by atoms with Crippen molar-refractivity contribution in [3.8, 4) is 0 Å². The van der Waals surface area contributed by atoms with Crippen LogP contribution in [0.4, 0.5) is 0 Å². The Labute approximate surface area is 56.9 Å². The number of alkyl halides is 1. The summed E-state index contributed by atoms with van der Waals surface area (Å²) >= 11 is 3.24. The van der Waals surface area contributed by atoms with Crippen LogP contribution >= 0.6 is 15.9 Å². The summed E-state index contributed by atoms with van der Waals surface area (Å²) in [6.07, 6.45) is 4.52. The van der Waals surface area contributed by atoms with E-state index in [2.05, 4.69) is 15.9 Å². The number of halogens is 1. The van der Waals surface area contributed by atoms with Gasteiger partial charge in [-0.3, -0.25) is 4.79 Å². The normalized spacial score (nSPS) is 27.1. The molecule has 0 amide bonds. The zero-order valence-electron chi connectivity index (χ0n) is 4.43. The van der Waals surface area contributed by atoms with Gasteiger partial charge in [-0.1, -0.05) is 28.1 Å². The average molecular weight is 175 g/mol. The Balaban J connectivity index is 2.53. The summed E-state index contributed by atoms with van der Waals surface area (Å²) in [6.45, 7) is 0. The highest BCUT2D eigenvalue weighted by atomic mass is 79.9. The molecule has 0 bridgehead atoms. The summed E-state index contributed by atoms with van der Waals surface area (Å²) in [4.78, 5) is 10.7. The van der Waals surface area contributed by atoms with Gasteiger partial charge in [0.25, 0.3) is 0 Å². The molecule has 0 aromatic rings. The Bertz CT molecular complexity index is 128. The number of hydrogen-bond donors (Lipinski definition) is 0. The van der Waals surface area contributed by atoms with Gasteiger partial charge >= 0.3 is 0 Å². The molecule has 0 spiro atoms. The van der Waals surface area contributed by atoms with E-state index >= 15 is 0 Å². The summed E-state index contributed by atoms with van der Waals surface area (Å²) in [5.41, 5.74) is 0. The number of ketones is 1. The first kappa shape index (κ1) is 6.02. The van der Waals surface area contributed by atoms with E-state index < -0.39 is 0 Å². The number of Topliss-reactive ketones (excluding diaryl/α,β-unsaturated/α-hetero) is 1. The maximum absolute atomic E-state index is 10.7. The minimum atomic E-state index is 0.162. The van der Waals surface area contributed by atoms with E-state index in [4.69, 9.17) is 0 Å². The van der Waals surface area contributed by atoms with Gasteiger partial charge in [-0.15, -0.1) is 0 Å². The van der Waals surface area contributed by atoms with Crippen molar-refractivity contribution in [3.63, 3.8) is 0 Å². The Morgan fingerprint density at radius 3 is 2.88 bits per heavy atom. The molecule has 44 valence electrons. The van der Waals surface area contributed by atoms with Crippen LogP contribution in [0.3, 0.4) is 0 Å². The van der Waals surface area contributed by atoms with Crippen LogP contribution in [0.2, 0.25) is 0 Å². The molecule has 0 aromatic carbocycles. The van der Waals surface area contributed by atoms with E-state index in [-0.39, 0.29) is 5.92 Å². The molecule has 1 atom stereocenters. The Hall–Kier alpha value is -0.110. The van der Waals surface area contributed by atoms with Gasteiger partial charge in [-0.05, 0) is 0 Å². The first-order valence-electron chi connectivity index (χ1n) is 2.60. The molecule has 0 N–H and O–H groups in total. The van der Waals surface area contributed by atoms with Crippen LogP contribution in [0.15, 0.2) is 12.2 Å². The van der Waals surface area contributed by atoms with E-state index in [0.29, 0.717) is 12.2 Å². The van der Waals surface area contributed by atoms with Gasteiger partial charge in [-0.2, -0.15) is 0 Å². The topological polar surface area (TPSA) is 17.1 Å². The van der Waals surface area contributed by atoms with Crippen LogP contribution in [0.1, 0.15) is 6.42 Å².